The van der Waals surface area contributed by atoms with Crippen LogP contribution in [0.25, 0.3) is 0 Å². The minimum absolute atomic E-state index is 0.164. The first-order chi connectivity index (χ1) is 10.3. The van der Waals surface area contributed by atoms with E-state index in [1.165, 1.54) is 12.1 Å². The van der Waals surface area contributed by atoms with Crippen LogP contribution in [0.2, 0.25) is 0 Å². The number of non-ortho nitro benzene ring substituents is 1. The number of primary sulfonamides is 1. The second kappa shape index (κ2) is 6.59. The highest BCUT2D eigenvalue weighted by atomic mass is 32.2. The Morgan fingerprint density at radius 1 is 1.41 bits per heavy atom. The third-order valence-electron chi connectivity index (χ3n) is 3.65. The van der Waals surface area contributed by atoms with E-state index in [0.29, 0.717) is 25.4 Å². The summed E-state index contributed by atoms with van der Waals surface area (Å²) in [6, 6.07) is 3.75. The Morgan fingerprint density at radius 2 is 2.05 bits per heavy atom. The Kier molecular flexibility index (Phi) is 4.99. The maximum Gasteiger partial charge on any atom is 0.270 e. The van der Waals surface area contributed by atoms with Crippen molar-refractivity contribution in [3.8, 4) is 0 Å². The second-order valence-electron chi connectivity index (χ2n) is 5.10. The topological polar surface area (TPSA) is 116 Å². The van der Waals surface area contributed by atoms with E-state index in [-0.39, 0.29) is 16.7 Å². The summed E-state index contributed by atoms with van der Waals surface area (Å²) in [5.41, 5.74) is 0.111. The van der Waals surface area contributed by atoms with Crippen molar-refractivity contribution in [1.82, 2.24) is 0 Å². The van der Waals surface area contributed by atoms with Crippen LogP contribution in [0.3, 0.4) is 0 Å². The number of hydrogen-bond acceptors (Lipinski definition) is 6. The fourth-order valence-electron chi connectivity index (χ4n) is 2.60. The minimum atomic E-state index is -4.04. The van der Waals surface area contributed by atoms with Gasteiger partial charge in [0.2, 0.25) is 10.0 Å². The van der Waals surface area contributed by atoms with E-state index in [1.54, 1.807) is 0 Å². The van der Waals surface area contributed by atoms with Gasteiger partial charge >= 0.3 is 0 Å². The number of anilines is 1. The average molecular weight is 329 g/mol. The first-order valence-electron chi connectivity index (χ1n) is 7.00. The van der Waals surface area contributed by atoms with Crippen molar-refractivity contribution in [2.24, 2.45) is 5.14 Å². The Balaban J connectivity index is 2.30. The van der Waals surface area contributed by atoms with Crippen LogP contribution in [0, 0.1) is 10.1 Å². The predicted molar refractivity (Wildman–Crippen MR) is 81.3 cm³/mol. The van der Waals surface area contributed by atoms with Gasteiger partial charge in [-0.05, 0) is 25.8 Å². The van der Waals surface area contributed by atoms with E-state index in [4.69, 9.17) is 9.88 Å². The maximum atomic E-state index is 11.7. The van der Waals surface area contributed by atoms with E-state index < -0.39 is 14.9 Å². The molecule has 22 heavy (non-hydrogen) atoms. The molecule has 1 aliphatic rings. The van der Waals surface area contributed by atoms with Crippen LogP contribution >= 0.6 is 0 Å². The monoisotopic (exact) mass is 329 g/mol. The van der Waals surface area contributed by atoms with Crippen molar-refractivity contribution < 1.29 is 18.1 Å². The number of ether oxygens (including phenoxy) is 1. The molecule has 1 fully saturated rings. The number of nitrogens with two attached hydrogens (primary N) is 1. The molecule has 1 saturated heterocycles. The van der Waals surface area contributed by atoms with Crippen LogP contribution in [0.5, 0.6) is 0 Å². The standard InChI is InChI=1S/C13H19N3O5S/c1-2-21-11-5-7-15(8-6-11)12-4-3-10(16(17)18)9-13(12)22(14,19)20/h3-4,9,11H,2,5-8H2,1H3,(H2,14,19,20). The third-order valence-corrected chi connectivity index (χ3v) is 4.59. The van der Waals surface area contributed by atoms with Gasteiger partial charge in [0.1, 0.15) is 4.90 Å². The lowest BCUT2D eigenvalue weighted by atomic mass is 10.1. The summed E-state index contributed by atoms with van der Waals surface area (Å²) in [7, 11) is -4.04. The largest absolute Gasteiger partial charge is 0.378 e. The molecule has 1 heterocycles. The third kappa shape index (κ3) is 3.73. The van der Waals surface area contributed by atoms with E-state index in [2.05, 4.69) is 0 Å². The van der Waals surface area contributed by atoms with E-state index in [9.17, 15) is 18.5 Å². The second-order valence-corrected chi connectivity index (χ2v) is 6.63. The highest BCUT2D eigenvalue weighted by molar-refractivity contribution is 7.89. The maximum absolute atomic E-state index is 11.7. The molecule has 0 aliphatic carbocycles. The molecule has 0 radical (unpaired) electrons. The SMILES string of the molecule is CCOC1CCN(c2ccc([N+](=O)[O-])cc2S(N)(=O)=O)CC1. The first kappa shape index (κ1) is 16.7. The van der Waals surface area contributed by atoms with Gasteiger partial charge in [-0.25, -0.2) is 13.6 Å². The van der Waals surface area contributed by atoms with Gasteiger partial charge in [0.15, 0.2) is 0 Å². The summed E-state index contributed by atoms with van der Waals surface area (Å²) < 4.78 is 29.0. The summed E-state index contributed by atoms with van der Waals surface area (Å²) >= 11 is 0. The lowest BCUT2D eigenvalue weighted by molar-refractivity contribution is -0.385. The van der Waals surface area contributed by atoms with Gasteiger partial charge in [0, 0.05) is 31.8 Å². The number of piperidine rings is 1. The smallest absolute Gasteiger partial charge is 0.270 e. The minimum Gasteiger partial charge on any atom is -0.378 e. The average Bonchev–Trinajstić information content (AvgIpc) is 2.47. The Morgan fingerprint density at radius 3 is 2.55 bits per heavy atom. The first-order valence-corrected chi connectivity index (χ1v) is 8.55. The molecule has 0 saturated carbocycles. The van der Waals surface area contributed by atoms with Crippen molar-refractivity contribution in [3.05, 3.63) is 28.3 Å². The molecular weight excluding hydrogens is 310 g/mol. The molecule has 1 aromatic carbocycles. The van der Waals surface area contributed by atoms with Crippen molar-refractivity contribution in [2.75, 3.05) is 24.6 Å². The molecule has 2 N–H and O–H groups in total. The van der Waals surface area contributed by atoms with Gasteiger partial charge in [-0.15, -0.1) is 0 Å². The van der Waals surface area contributed by atoms with E-state index >= 15 is 0 Å². The number of sulfonamides is 1. The van der Waals surface area contributed by atoms with Crippen molar-refractivity contribution in [3.63, 3.8) is 0 Å². The Bertz CT molecular complexity index is 654. The zero-order valence-electron chi connectivity index (χ0n) is 12.3. The number of nitrogens with zero attached hydrogens (tertiary/aromatic N) is 2. The van der Waals surface area contributed by atoms with Crippen LogP contribution < -0.4 is 10.0 Å². The van der Waals surface area contributed by atoms with Crippen molar-refractivity contribution in [1.29, 1.82) is 0 Å². The molecule has 1 aliphatic heterocycles. The number of rotatable bonds is 5. The highest BCUT2D eigenvalue weighted by Crippen LogP contribution is 2.31. The molecule has 0 bridgehead atoms. The number of nitro benzene ring substituents is 1. The zero-order valence-corrected chi connectivity index (χ0v) is 13.1. The van der Waals surface area contributed by atoms with Gasteiger partial charge in [-0.1, -0.05) is 0 Å². The molecule has 0 spiro atoms. The van der Waals surface area contributed by atoms with Gasteiger partial charge in [-0.3, -0.25) is 10.1 Å². The molecule has 2 rings (SSSR count). The van der Waals surface area contributed by atoms with Gasteiger partial charge < -0.3 is 9.64 Å². The number of benzene rings is 1. The van der Waals surface area contributed by atoms with Gasteiger partial charge in [-0.2, -0.15) is 0 Å². The van der Waals surface area contributed by atoms with Crippen LogP contribution in [-0.2, 0) is 14.8 Å². The lowest BCUT2D eigenvalue weighted by Crippen LogP contribution is -2.38. The quantitative estimate of drug-likeness (QED) is 0.642. The van der Waals surface area contributed by atoms with E-state index in [1.807, 2.05) is 11.8 Å². The molecule has 0 amide bonds. The molecule has 9 heteroatoms. The van der Waals surface area contributed by atoms with Crippen LogP contribution in [-0.4, -0.2) is 39.1 Å². The molecule has 0 aromatic heterocycles. The summed E-state index contributed by atoms with van der Waals surface area (Å²) in [4.78, 5) is 11.8. The van der Waals surface area contributed by atoms with Crippen molar-refractivity contribution >= 4 is 21.4 Å². The Hall–Kier alpha value is -1.71. The molecule has 1 aromatic rings. The zero-order chi connectivity index (χ0) is 16.3. The van der Waals surface area contributed by atoms with Crippen LogP contribution in [0.4, 0.5) is 11.4 Å². The highest BCUT2D eigenvalue weighted by Gasteiger charge is 2.26. The molecule has 8 nitrogen and oxygen atoms in total. The van der Waals surface area contributed by atoms with Crippen molar-refractivity contribution in [2.45, 2.75) is 30.8 Å². The summed E-state index contributed by atoms with van der Waals surface area (Å²) in [5, 5.41) is 16.0. The number of hydrogen-bond donors (Lipinski definition) is 1. The van der Waals surface area contributed by atoms with Gasteiger partial charge in [0.05, 0.1) is 16.7 Å². The normalized spacial score (nSPS) is 16.7. The summed E-state index contributed by atoms with van der Waals surface area (Å²) in [6.07, 6.45) is 1.71. The molecule has 122 valence electrons. The molecule has 0 atom stereocenters. The summed E-state index contributed by atoms with van der Waals surface area (Å²) in [5.74, 6) is 0. The molecular formula is C13H19N3O5S. The van der Waals surface area contributed by atoms with E-state index in [0.717, 1.165) is 18.9 Å². The fourth-order valence-corrected chi connectivity index (χ4v) is 3.38. The lowest BCUT2D eigenvalue weighted by Gasteiger charge is -2.34. The number of nitro groups is 1. The van der Waals surface area contributed by atoms with Gasteiger partial charge in [0.25, 0.3) is 5.69 Å². The summed E-state index contributed by atoms with van der Waals surface area (Å²) in [6.45, 7) is 3.81. The van der Waals surface area contributed by atoms with Crippen LogP contribution in [0.15, 0.2) is 23.1 Å². The Labute approximate surface area is 129 Å². The predicted octanol–water partition coefficient (Wildman–Crippen LogP) is 1.25. The fraction of sp³-hybridized carbons (Fsp3) is 0.538. The van der Waals surface area contributed by atoms with Crippen LogP contribution in [0.1, 0.15) is 19.8 Å². The molecule has 0 unspecified atom stereocenters.